The summed E-state index contributed by atoms with van der Waals surface area (Å²) in [6.45, 7) is 1.91. The molecule has 218 valence electrons. The number of aryl methyl sites for hydroxylation is 1. The highest BCUT2D eigenvalue weighted by molar-refractivity contribution is 7.89. The molecule has 0 bridgehead atoms. The van der Waals surface area contributed by atoms with Crippen LogP contribution in [-0.4, -0.2) is 57.8 Å². The predicted octanol–water partition coefficient (Wildman–Crippen LogP) is 2.48. The lowest BCUT2D eigenvalue weighted by atomic mass is 10.1. The Morgan fingerprint density at radius 1 is 0.854 bits per heavy atom. The lowest BCUT2D eigenvalue weighted by molar-refractivity contribution is -0.147. The number of hydrogen-bond donors (Lipinski definition) is 3. The largest absolute Gasteiger partial charge is 0.482 e. The Morgan fingerprint density at radius 3 is 2.17 bits per heavy atom. The van der Waals surface area contributed by atoms with Crippen molar-refractivity contribution in [3.63, 3.8) is 0 Å². The van der Waals surface area contributed by atoms with Crippen LogP contribution in [0, 0.1) is 6.92 Å². The highest BCUT2D eigenvalue weighted by Crippen LogP contribution is 2.16. The molecule has 0 radical (unpaired) electrons. The first kappa shape index (κ1) is 31.6. The number of rotatable bonds is 15. The third-order valence-electron chi connectivity index (χ3n) is 5.78. The molecule has 1 atom stereocenters. The van der Waals surface area contributed by atoms with Crippen molar-refractivity contribution >= 4 is 39.4 Å². The number of halogens is 1. The molecule has 3 rings (SSSR count). The zero-order chi connectivity index (χ0) is 29.7. The average molecular weight is 602 g/mol. The summed E-state index contributed by atoms with van der Waals surface area (Å²) in [6.07, 6.45) is 0.0321. The van der Waals surface area contributed by atoms with Gasteiger partial charge in [-0.1, -0.05) is 60.2 Å². The van der Waals surface area contributed by atoms with Gasteiger partial charge in [-0.25, -0.2) is 13.2 Å². The van der Waals surface area contributed by atoms with E-state index in [9.17, 15) is 22.8 Å². The average Bonchev–Trinajstić information content (AvgIpc) is 2.98. The van der Waals surface area contributed by atoms with Crippen molar-refractivity contribution in [1.82, 2.24) is 15.4 Å². The SMILES string of the molecule is Cc1ccc(S(=O)(=O)NC(Cc2ccc(OCC(=O)OCc3ccccc3)cc2)C(=O)NCCNC(=O)CCl)cc1. The summed E-state index contributed by atoms with van der Waals surface area (Å²) in [5.74, 6) is -1.28. The zero-order valence-corrected chi connectivity index (χ0v) is 24.0. The fourth-order valence-corrected chi connectivity index (χ4v) is 4.89. The first-order valence-corrected chi connectivity index (χ1v) is 14.8. The minimum atomic E-state index is -4.02. The van der Waals surface area contributed by atoms with Gasteiger partial charge in [-0.2, -0.15) is 4.72 Å². The fraction of sp³-hybridized carbons (Fsp3) is 0.276. The lowest BCUT2D eigenvalue weighted by Crippen LogP contribution is -2.49. The molecule has 0 heterocycles. The Hall–Kier alpha value is -3.93. The molecular weight excluding hydrogens is 570 g/mol. The molecule has 0 aromatic heterocycles. The normalized spacial score (nSPS) is 11.8. The summed E-state index contributed by atoms with van der Waals surface area (Å²) < 4.78 is 39.2. The van der Waals surface area contributed by atoms with Crippen LogP contribution in [0.25, 0.3) is 0 Å². The molecule has 3 aromatic rings. The van der Waals surface area contributed by atoms with Gasteiger partial charge in [-0.15, -0.1) is 11.6 Å². The molecule has 2 amide bonds. The molecule has 1 unspecified atom stereocenters. The van der Waals surface area contributed by atoms with Crippen molar-refractivity contribution in [2.45, 2.75) is 30.9 Å². The van der Waals surface area contributed by atoms with Crippen molar-refractivity contribution in [2.24, 2.45) is 0 Å². The highest BCUT2D eigenvalue weighted by Gasteiger charge is 2.26. The van der Waals surface area contributed by atoms with Gasteiger partial charge in [0.1, 0.15) is 24.3 Å². The third-order valence-corrected chi connectivity index (χ3v) is 7.51. The number of alkyl halides is 1. The number of carbonyl (C=O) groups is 3. The van der Waals surface area contributed by atoms with Crippen molar-refractivity contribution in [3.05, 3.63) is 95.6 Å². The Morgan fingerprint density at radius 2 is 1.51 bits per heavy atom. The summed E-state index contributed by atoms with van der Waals surface area (Å²) >= 11 is 5.45. The van der Waals surface area contributed by atoms with E-state index in [0.717, 1.165) is 11.1 Å². The molecule has 0 spiro atoms. The predicted molar refractivity (Wildman–Crippen MR) is 154 cm³/mol. The van der Waals surface area contributed by atoms with Crippen LogP contribution < -0.4 is 20.1 Å². The van der Waals surface area contributed by atoms with Crippen LogP contribution in [0.2, 0.25) is 0 Å². The Balaban J connectivity index is 1.61. The summed E-state index contributed by atoms with van der Waals surface area (Å²) in [5, 5.41) is 5.16. The molecule has 0 aliphatic heterocycles. The first-order chi connectivity index (χ1) is 19.7. The second-order valence-electron chi connectivity index (χ2n) is 9.04. The number of esters is 1. The van der Waals surface area contributed by atoms with Crippen molar-refractivity contribution in [2.75, 3.05) is 25.6 Å². The number of nitrogens with one attached hydrogen (secondary N) is 3. The standard InChI is InChI=1S/C29H32ClN3O7S/c1-21-7-13-25(14-8-21)41(37,38)33-26(29(36)32-16-15-31-27(34)18-30)17-22-9-11-24(12-10-22)39-20-28(35)40-19-23-5-3-2-4-6-23/h2-14,26,33H,15-20H2,1H3,(H,31,34)(H,32,36). The fourth-order valence-electron chi connectivity index (χ4n) is 3.60. The van der Waals surface area contributed by atoms with Crippen LogP contribution in [0.3, 0.4) is 0 Å². The monoisotopic (exact) mass is 601 g/mol. The van der Waals surface area contributed by atoms with Gasteiger partial charge < -0.3 is 20.1 Å². The summed E-state index contributed by atoms with van der Waals surface area (Å²) in [6, 6.07) is 21.0. The van der Waals surface area contributed by atoms with E-state index in [0.29, 0.717) is 11.3 Å². The van der Waals surface area contributed by atoms with Crippen molar-refractivity contribution < 1.29 is 32.3 Å². The zero-order valence-electron chi connectivity index (χ0n) is 22.5. The molecule has 0 fully saturated rings. The molecule has 10 nitrogen and oxygen atoms in total. The van der Waals surface area contributed by atoms with Gasteiger partial charge in [0.25, 0.3) is 0 Å². The van der Waals surface area contributed by atoms with Gasteiger partial charge in [0.15, 0.2) is 6.61 Å². The van der Waals surface area contributed by atoms with Crippen LogP contribution in [0.4, 0.5) is 0 Å². The van der Waals surface area contributed by atoms with Crippen molar-refractivity contribution in [1.29, 1.82) is 0 Å². The number of sulfonamides is 1. The minimum absolute atomic E-state index is 0.0261. The first-order valence-electron chi connectivity index (χ1n) is 12.8. The quantitative estimate of drug-likeness (QED) is 0.138. The topological polar surface area (TPSA) is 140 Å². The third kappa shape index (κ3) is 10.9. The molecule has 3 N–H and O–H groups in total. The van der Waals surface area contributed by atoms with Gasteiger partial charge in [-0.3, -0.25) is 9.59 Å². The number of ether oxygens (including phenoxy) is 2. The smallest absolute Gasteiger partial charge is 0.344 e. The molecule has 0 aliphatic carbocycles. The van der Waals surface area contributed by atoms with E-state index in [-0.39, 0.29) is 49.4 Å². The van der Waals surface area contributed by atoms with Gasteiger partial charge in [0, 0.05) is 13.1 Å². The molecular formula is C29H32ClN3O7S. The van der Waals surface area contributed by atoms with E-state index < -0.39 is 27.9 Å². The van der Waals surface area contributed by atoms with Crippen LogP contribution in [0.5, 0.6) is 5.75 Å². The van der Waals surface area contributed by atoms with Crippen molar-refractivity contribution in [3.8, 4) is 5.75 Å². The van der Waals surface area contributed by atoms with Crippen LogP contribution in [0.15, 0.2) is 83.8 Å². The number of carbonyl (C=O) groups excluding carboxylic acids is 3. The highest BCUT2D eigenvalue weighted by atomic mass is 35.5. The van der Waals surface area contributed by atoms with Crippen LogP contribution >= 0.6 is 11.6 Å². The van der Waals surface area contributed by atoms with E-state index in [2.05, 4.69) is 15.4 Å². The molecule has 0 saturated heterocycles. The van der Waals surface area contributed by atoms with Gasteiger partial charge in [0.2, 0.25) is 21.8 Å². The molecule has 3 aromatic carbocycles. The van der Waals surface area contributed by atoms with Gasteiger partial charge in [0.05, 0.1) is 4.90 Å². The van der Waals surface area contributed by atoms with E-state index in [1.54, 1.807) is 36.4 Å². The number of amides is 2. The second-order valence-corrected chi connectivity index (χ2v) is 11.0. The molecule has 12 heteroatoms. The maximum absolute atomic E-state index is 13.0. The Labute approximate surface area is 244 Å². The maximum Gasteiger partial charge on any atom is 0.344 e. The van der Waals surface area contributed by atoms with E-state index in [4.69, 9.17) is 21.1 Å². The summed E-state index contributed by atoms with van der Waals surface area (Å²) in [7, 11) is -4.02. The molecule has 0 aliphatic rings. The van der Waals surface area contributed by atoms with E-state index in [1.165, 1.54) is 12.1 Å². The van der Waals surface area contributed by atoms with E-state index >= 15 is 0 Å². The lowest BCUT2D eigenvalue weighted by Gasteiger charge is -2.19. The maximum atomic E-state index is 13.0. The minimum Gasteiger partial charge on any atom is -0.482 e. The van der Waals surface area contributed by atoms with Gasteiger partial charge in [-0.05, 0) is 48.7 Å². The second kappa shape index (κ2) is 15.8. The summed E-state index contributed by atoms with van der Waals surface area (Å²) in [4.78, 5) is 36.3. The summed E-state index contributed by atoms with van der Waals surface area (Å²) in [5.41, 5.74) is 2.40. The van der Waals surface area contributed by atoms with Crippen LogP contribution in [-0.2, 0) is 42.2 Å². The molecule has 41 heavy (non-hydrogen) atoms. The van der Waals surface area contributed by atoms with Gasteiger partial charge >= 0.3 is 5.97 Å². The Bertz CT molecular complexity index is 1400. The molecule has 0 saturated carbocycles. The number of benzene rings is 3. The van der Waals surface area contributed by atoms with E-state index in [1.807, 2.05) is 37.3 Å². The van der Waals surface area contributed by atoms with Crippen LogP contribution in [0.1, 0.15) is 16.7 Å². The number of hydrogen-bond acceptors (Lipinski definition) is 7. The Kier molecular flexibility index (Phi) is 12.1.